The van der Waals surface area contributed by atoms with Crippen molar-refractivity contribution in [1.82, 2.24) is 9.97 Å². The molecule has 0 bridgehead atoms. The van der Waals surface area contributed by atoms with Gasteiger partial charge in [-0.05, 0) is 41.9 Å². The first-order valence-electron chi connectivity index (χ1n) is 7.18. The number of aryl methyl sites for hydroxylation is 1. The van der Waals surface area contributed by atoms with E-state index in [0.29, 0.717) is 22.0 Å². The van der Waals surface area contributed by atoms with Gasteiger partial charge in [-0.1, -0.05) is 6.92 Å². The van der Waals surface area contributed by atoms with Gasteiger partial charge in [0.2, 0.25) is 0 Å². The second-order valence-corrected chi connectivity index (χ2v) is 8.05. The predicted molar refractivity (Wildman–Crippen MR) is 95.2 cm³/mol. The van der Waals surface area contributed by atoms with Gasteiger partial charge in [0.15, 0.2) is 21.0 Å². The Balaban J connectivity index is 2.64. The van der Waals surface area contributed by atoms with Gasteiger partial charge in [0.25, 0.3) is 5.91 Å². The number of aliphatic imine (C=N–C) groups is 1. The number of rotatable bonds is 5. The second kappa shape index (κ2) is 7.62. The molecular formula is C15H17N5O3S2. The van der Waals surface area contributed by atoms with Crippen LogP contribution in [0.4, 0.5) is 0 Å². The highest BCUT2D eigenvalue weighted by molar-refractivity contribution is 8.00. The summed E-state index contributed by atoms with van der Waals surface area (Å²) in [5.74, 6) is -1.07. The van der Waals surface area contributed by atoms with Gasteiger partial charge in [0.1, 0.15) is 0 Å². The standard InChI is InChI=1S/C15H17N5O3S2/c1-3-9-7-11(24-15-18-5-4-6-19-15)12(25(2,22)23)8-10(9)13(21)20-14(16)17/h4-8H,3H2,1-2H3,(H4,16,17,20,21). The number of sulfone groups is 1. The minimum atomic E-state index is -3.60. The molecule has 1 aromatic carbocycles. The van der Waals surface area contributed by atoms with Crippen molar-refractivity contribution in [3.05, 3.63) is 41.7 Å². The topological polar surface area (TPSA) is 141 Å². The molecule has 2 rings (SSSR count). The van der Waals surface area contributed by atoms with E-state index < -0.39 is 15.7 Å². The van der Waals surface area contributed by atoms with Crippen LogP contribution in [-0.4, -0.2) is 36.5 Å². The molecule has 0 saturated heterocycles. The molecule has 0 aliphatic rings. The van der Waals surface area contributed by atoms with Gasteiger partial charge < -0.3 is 11.5 Å². The number of nitrogens with two attached hydrogens (primary N) is 2. The van der Waals surface area contributed by atoms with Gasteiger partial charge in [-0.2, -0.15) is 4.99 Å². The summed E-state index contributed by atoms with van der Waals surface area (Å²) in [7, 11) is -3.60. The molecule has 0 aliphatic carbocycles. The van der Waals surface area contributed by atoms with E-state index in [0.717, 1.165) is 18.0 Å². The summed E-state index contributed by atoms with van der Waals surface area (Å²) in [5, 5.41) is 0.401. The van der Waals surface area contributed by atoms with E-state index in [2.05, 4.69) is 15.0 Å². The largest absolute Gasteiger partial charge is 0.370 e. The number of carbonyl (C=O) groups is 1. The van der Waals surface area contributed by atoms with E-state index in [1.807, 2.05) is 6.92 Å². The molecule has 1 aromatic heterocycles. The summed E-state index contributed by atoms with van der Waals surface area (Å²) < 4.78 is 24.4. The van der Waals surface area contributed by atoms with Crippen molar-refractivity contribution in [2.24, 2.45) is 16.5 Å². The Hall–Kier alpha value is -2.46. The highest BCUT2D eigenvalue weighted by Crippen LogP contribution is 2.33. The molecule has 8 nitrogen and oxygen atoms in total. The fraction of sp³-hybridized carbons (Fsp3) is 0.200. The summed E-state index contributed by atoms with van der Waals surface area (Å²) in [6.45, 7) is 1.84. The number of benzene rings is 1. The van der Waals surface area contributed by atoms with Gasteiger partial charge in [0, 0.05) is 29.1 Å². The lowest BCUT2D eigenvalue weighted by atomic mass is 10.0. The van der Waals surface area contributed by atoms with Crippen LogP contribution in [0.25, 0.3) is 0 Å². The van der Waals surface area contributed by atoms with E-state index in [9.17, 15) is 13.2 Å². The average Bonchev–Trinajstić information content (AvgIpc) is 2.53. The zero-order valence-electron chi connectivity index (χ0n) is 13.6. The van der Waals surface area contributed by atoms with Crippen LogP contribution in [0.2, 0.25) is 0 Å². The van der Waals surface area contributed by atoms with Crippen LogP contribution in [0.3, 0.4) is 0 Å². The summed E-state index contributed by atoms with van der Waals surface area (Å²) >= 11 is 1.11. The third-order valence-corrected chi connectivity index (χ3v) is 5.37. The third-order valence-electron chi connectivity index (χ3n) is 3.15. The van der Waals surface area contributed by atoms with Crippen LogP contribution in [0, 0.1) is 0 Å². The number of hydrogen-bond acceptors (Lipinski definition) is 6. The van der Waals surface area contributed by atoms with Crippen molar-refractivity contribution < 1.29 is 13.2 Å². The van der Waals surface area contributed by atoms with Gasteiger partial charge >= 0.3 is 0 Å². The maximum absolute atomic E-state index is 12.2. The number of guanidine groups is 1. The average molecular weight is 379 g/mol. The molecule has 132 valence electrons. The zero-order valence-corrected chi connectivity index (χ0v) is 15.3. The quantitative estimate of drug-likeness (QED) is 0.445. The van der Waals surface area contributed by atoms with Crippen molar-refractivity contribution >= 4 is 33.5 Å². The molecule has 4 N–H and O–H groups in total. The van der Waals surface area contributed by atoms with Crippen LogP contribution in [0.5, 0.6) is 0 Å². The van der Waals surface area contributed by atoms with E-state index >= 15 is 0 Å². The molecule has 1 amide bonds. The smallest absolute Gasteiger partial charge is 0.280 e. The Morgan fingerprint density at radius 2 is 1.88 bits per heavy atom. The molecule has 25 heavy (non-hydrogen) atoms. The Bertz CT molecular complexity index is 924. The molecule has 0 fully saturated rings. The van der Waals surface area contributed by atoms with E-state index in [4.69, 9.17) is 11.5 Å². The first-order chi connectivity index (χ1) is 11.7. The van der Waals surface area contributed by atoms with Crippen LogP contribution >= 0.6 is 11.8 Å². The molecule has 0 aliphatic heterocycles. The molecule has 0 radical (unpaired) electrons. The Morgan fingerprint density at radius 1 is 1.24 bits per heavy atom. The monoisotopic (exact) mass is 379 g/mol. The zero-order chi connectivity index (χ0) is 18.6. The lowest BCUT2D eigenvalue weighted by molar-refractivity contribution is 0.100. The summed E-state index contributed by atoms with van der Waals surface area (Å²) in [4.78, 5) is 24.3. The highest BCUT2D eigenvalue weighted by atomic mass is 32.2. The molecule has 0 spiro atoms. The number of carbonyl (C=O) groups excluding carboxylic acids is 1. The van der Waals surface area contributed by atoms with E-state index in [1.54, 1.807) is 24.5 Å². The lowest BCUT2D eigenvalue weighted by Gasteiger charge is -2.12. The van der Waals surface area contributed by atoms with Gasteiger partial charge in [-0.15, -0.1) is 0 Å². The molecule has 0 atom stereocenters. The molecule has 10 heteroatoms. The highest BCUT2D eigenvalue weighted by Gasteiger charge is 2.21. The number of aromatic nitrogens is 2. The molecule has 1 heterocycles. The number of amides is 1. The first kappa shape index (κ1) is 18.9. The van der Waals surface area contributed by atoms with Crippen LogP contribution in [-0.2, 0) is 16.3 Å². The van der Waals surface area contributed by atoms with Crippen molar-refractivity contribution in [2.45, 2.75) is 28.3 Å². The number of nitrogens with zero attached hydrogens (tertiary/aromatic N) is 3. The Morgan fingerprint density at radius 3 is 2.40 bits per heavy atom. The van der Waals surface area contributed by atoms with Crippen LogP contribution < -0.4 is 11.5 Å². The fourth-order valence-electron chi connectivity index (χ4n) is 2.08. The Labute approximate surface area is 149 Å². The van der Waals surface area contributed by atoms with Crippen molar-refractivity contribution in [3.8, 4) is 0 Å². The molecular weight excluding hydrogens is 362 g/mol. The van der Waals surface area contributed by atoms with E-state index in [-0.39, 0.29) is 16.4 Å². The van der Waals surface area contributed by atoms with Gasteiger partial charge in [-0.3, -0.25) is 4.79 Å². The van der Waals surface area contributed by atoms with Gasteiger partial charge in [0.05, 0.1) is 4.90 Å². The first-order valence-corrected chi connectivity index (χ1v) is 9.89. The van der Waals surface area contributed by atoms with E-state index in [1.165, 1.54) is 6.07 Å². The summed E-state index contributed by atoms with van der Waals surface area (Å²) in [5.41, 5.74) is 11.3. The normalized spacial score (nSPS) is 11.1. The summed E-state index contributed by atoms with van der Waals surface area (Å²) in [6, 6.07) is 4.59. The maximum Gasteiger partial charge on any atom is 0.280 e. The van der Waals surface area contributed by atoms with Crippen LogP contribution in [0.15, 0.2) is 50.5 Å². The second-order valence-electron chi connectivity index (χ2n) is 5.06. The third kappa shape index (κ3) is 4.77. The van der Waals surface area contributed by atoms with Gasteiger partial charge in [-0.25, -0.2) is 18.4 Å². The van der Waals surface area contributed by atoms with Crippen molar-refractivity contribution in [3.63, 3.8) is 0 Å². The maximum atomic E-state index is 12.2. The summed E-state index contributed by atoms with van der Waals surface area (Å²) in [6.07, 6.45) is 4.69. The number of hydrogen-bond donors (Lipinski definition) is 2. The lowest BCUT2D eigenvalue weighted by Crippen LogP contribution is -2.24. The fourth-order valence-corrected chi connectivity index (χ4v) is 4.20. The SMILES string of the molecule is CCc1cc(Sc2ncccn2)c(S(C)(=O)=O)cc1C(=O)N=C(N)N. The minimum Gasteiger partial charge on any atom is -0.370 e. The Kier molecular flexibility index (Phi) is 5.75. The predicted octanol–water partition coefficient (Wildman–Crippen LogP) is 1.01. The van der Waals surface area contributed by atoms with Crippen molar-refractivity contribution in [1.29, 1.82) is 0 Å². The van der Waals surface area contributed by atoms with Crippen LogP contribution in [0.1, 0.15) is 22.8 Å². The minimum absolute atomic E-state index is 0.00343. The molecule has 2 aromatic rings. The van der Waals surface area contributed by atoms with Crippen molar-refractivity contribution in [2.75, 3.05) is 6.26 Å². The molecule has 0 saturated carbocycles. The molecule has 0 unspecified atom stereocenters.